The fraction of sp³-hybridized carbons (Fsp3) is 1.00. The van der Waals surface area contributed by atoms with Crippen LogP contribution in [0, 0.1) is 0 Å². The van der Waals surface area contributed by atoms with Crippen molar-refractivity contribution >= 4 is 23.1 Å². The Kier molecular flexibility index (Phi) is 3.95. The molecular weight excluding hydrogens is 215 g/mol. The molecule has 4 heteroatoms. The fourth-order valence-corrected chi connectivity index (χ4v) is 8.11. The van der Waals surface area contributed by atoms with Gasteiger partial charge in [-0.25, -0.2) is 0 Å². The molecule has 0 unspecified atom stereocenters. The fourth-order valence-electron chi connectivity index (χ4n) is 3.15. The van der Waals surface area contributed by atoms with Crippen LogP contribution in [0.3, 0.4) is 0 Å². The van der Waals surface area contributed by atoms with Gasteiger partial charge in [-0.2, -0.15) is 0 Å². The Morgan fingerprint density at radius 2 is 1.20 bits per heavy atom. The first-order chi connectivity index (χ1) is 6.68. The van der Waals surface area contributed by atoms with Gasteiger partial charge in [-0.1, -0.05) is 52.1 Å². The van der Waals surface area contributed by atoms with Crippen molar-refractivity contribution in [2.24, 2.45) is 0 Å². The van der Waals surface area contributed by atoms with Crippen LogP contribution in [0.5, 0.6) is 0 Å². The summed E-state index contributed by atoms with van der Waals surface area (Å²) in [6.07, 6.45) is 2.84. The summed E-state index contributed by atoms with van der Waals surface area (Å²) in [6, 6.07) is 0. The van der Waals surface area contributed by atoms with Crippen LogP contribution in [0.25, 0.3) is 0 Å². The molecule has 1 aliphatic heterocycles. The van der Waals surface area contributed by atoms with Gasteiger partial charge in [0.25, 0.3) is 6.92 Å². The first kappa shape index (κ1) is 13.5. The molecule has 2 atom stereocenters. The SMILES string of the molecule is COB1[C@@H]([Si](C)(C)C)CC[C@@H]1[Si](C)(C)C. The van der Waals surface area contributed by atoms with Crippen LogP contribution in [0.4, 0.5) is 0 Å². The second kappa shape index (κ2) is 4.38. The maximum atomic E-state index is 5.86. The minimum absolute atomic E-state index is 0.573. The molecular formula is C11H27BOSi2. The van der Waals surface area contributed by atoms with E-state index in [9.17, 15) is 0 Å². The highest BCUT2D eigenvalue weighted by atomic mass is 28.3. The Morgan fingerprint density at radius 3 is 1.40 bits per heavy atom. The van der Waals surface area contributed by atoms with Gasteiger partial charge >= 0.3 is 0 Å². The van der Waals surface area contributed by atoms with Crippen molar-refractivity contribution < 1.29 is 4.65 Å². The second-order valence-electron chi connectivity index (χ2n) is 7.22. The lowest BCUT2D eigenvalue weighted by Crippen LogP contribution is -2.44. The molecule has 0 aromatic rings. The van der Waals surface area contributed by atoms with Gasteiger partial charge in [0, 0.05) is 23.3 Å². The number of hydrogen-bond donors (Lipinski definition) is 0. The van der Waals surface area contributed by atoms with Crippen molar-refractivity contribution in [3.05, 3.63) is 0 Å². The van der Waals surface area contributed by atoms with Gasteiger partial charge in [0.2, 0.25) is 0 Å². The normalized spacial score (nSPS) is 28.6. The highest BCUT2D eigenvalue weighted by Crippen LogP contribution is 2.48. The Balaban J connectivity index is 2.83. The molecule has 0 bridgehead atoms. The topological polar surface area (TPSA) is 9.23 Å². The lowest BCUT2D eigenvalue weighted by atomic mass is 9.65. The molecule has 0 spiro atoms. The van der Waals surface area contributed by atoms with Crippen LogP contribution >= 0.6 is 0 Å². The third-order valence-electron chi connectivity index (χ3n) is 4.08. The van der Waals surface area contributed by atoms with Gasteiger partial charge in [0.15, 0.2) is 0 Å². The van der Waals surface area contributed by atoms with Crippen LogP contribution in [0.15, 0.2) is 0 Å². The van der Waals surface area contributed by atoms with E-state index in [1.165, 1.54) is 12.8 Å². The van der Waals surface area contributed by atoms with Crippen LogP contribution in [0.2, 0.25) is 50.2 Å². The van der Waals surface area contributed by atoms with E-state index in [1.54, 1.807) is 0 Å². The van der Waals surface area contributed by atoms with Crippen LogP contribution < -0.4 is 0 Å². The average molecular weight is 242 g/mol. The Morgan fingerprint density at radius 1 is 0.867 bits per heavy atom. The van der Waals surface area contributed by atoms with E-state index in [1.807, 2.05) is 7.11 Å². The molecule has 88 valence electrons. The zero-order valence-electron chi connectivity index (χ0n) is 11.6. The molecule has 1 saturated heterocycles. The number of rotatable bonds is 3. The minimum atomic E-state index is -1.03. The van der Waals surface area contributed by atoms with Gasteiger partial charge in [0.05, 0.1) is 0 Å². The summed E-state index contributed by atoms with van der Waals surface area (Å²) in [4.78, 5) is 0. The summed E-state index contributed by atoms with van der Waals surface area (Å²) in [7, 11) is -0.136. The van der Waals surface area contributed by atoms with Crippen LogP contribution in [-0.4, -0.2) is 30.2 Å². The lowest BCUT2D eigenvalue weighted by molar-refractivity contribution is 0.417. The van der Waals surface area contributed by atoms with Gasteiger partial charge in [-0.05, 0) is 10.9 Å². The molecule has 15 heavy (non-hydrogen) atoms. The van der Waals surface area contributed by atoms with E-state index in [4.69, 9.17) is 4.65 Å². The van der Waals surface area contributed by atoms with E-state index in [0.717, 1.165) is 10.9 Å². The lowest BCUT2D eigenvalue weighted by Gasteiger charge is -2.33. The standard InChI is InChI=1S/C11H27BOSi2/c1-13-12-10(14(2,3)4)8-9-11(12)15(5,6)7/h10-11H,8-9H2,1-7H3/t10-,11-/m0/s1. The molecule has 1 fully saturated rings. The summed E-state index contributed by atoms with van der Waals surface area (Å²) in [6.45, 7) is 15.6. The first-order valence-corrected chi connectivity index (χ1v) is 13.4. The average Bonchev–Trinajstić information content (AvgIpc) is 2.43. The Labute approximate surface area is 98.1 Å². The first-order valence-electron chi connectivity index (χ1n) is 6.20. The molecule has 0 saturated carbocycles. The van der Waals surface area contributed by atoms with Gasteiger partial charge < -0.3 is 4.65 Å². The molecule has 1 rings (SSSR count). The zero-order chi connectivity index (χ0) is 11.9. The highest BCUT2D eigenvalue weighted by molar-refractivity contribution is 6.96. The van der Waals surface area contributed by atoms with Crippen molar-refractivity contribution in [2.45, 2.75) is 63.0 Å². The van der Waals surface area contributed by atoms with Crippen molar-refractivity contribution in [3.8, 4) is 0 Å². The van der Waals surface area contributed by atoms with E-state index in [-0.39, 0.29) is 0 Å². The van der Waals surface area contributed by atoms with Gasteiger partial charge in [0.1, 0.15) is 0 Å². The molecule has 1 heterocycles. The van der Waals surface area contributed by atoms with Gasteiger partial charge in [-0.15, -0.1) is 0 Å². The zero-order valence-corrected chi connectivity index (χ0v) is 13.6. The van der Waals surface area contributed by atoms with Crippen molar-refractivity contribution in [1.82, 2.24) is 0 Å². The summed E-state index contributed by atoms with van der Waals surface area (Å²) in [5, 5.41) is 0. The largest absolute Gasteiger partial charge is 0.439 e. The predicted molar refractivity (Wildman–Crippen MR) is 76.2 cm³/mol. The molecule has 1 aliphatic rings. The Hall–Kier alpha value is 0.459. The van der Waals surface area contributed by atoms with Crippen molar-refractivity contribution in [1.29, 1.82) is 0 Å². The Bertz CT molecular complexity index is 198. The van der Waals surface area contributed by atoms with Crippen molar-refractivity contribution in [2.75, 3.05) is 7.11 Å². The summed E-state index contributed by atoms with van der Waals surface area (Å²) >= 11 is 0. The van der Waals surface area contributed by atoms with E-state index in [2.05, 4.69) is 39.3 Å². The molecule has 1 nitrogen and oxygen atoms in total. The molecule has 0 N–H and O–H groups in total. The van der Waals surface area contributed by atoms with E-state index >= 15 is 0 Å². The van der Waals surface area contributed by atoms with Crippen LogP contribution in [0.1, 0.15) is 12.8 Å². The maximum Gasteiger partial charge on any atom is 0.293 e. The molecule has 0 amide bonds. The molecule has 0 radical (unpaired) electrons. The minimum Gasteiger partial charge on any atom is -0.439 e. The molecule has 0 aromatic heterocycles. The van der Waals surface area contributed by atoms with Crippen LogP contribution in [-0.2, 0) is 4.65 Å². The maximum absolute atomic E-state index is 5.86. The molecule has 0 aliphatic carbocycles. The van der Waals surface area contributed by atoms with E-state index < -0.39 is 16.1 Å². The summed E-state index contributed by atoms with van der Waals surface area (Å²) < 4.78 is 5.86. The summed E-state index contributed by atoms with van der Waals surface area (Å²) in [5.74, 6) is 0. The summed E-state index contributed by atoms with van der Waals surface area (Å²) in [5.41, 5.74) is 1.78. The monoisotopic (exact) mass is 242 g/mol. The second-order valence-corrected chi connectivity index (χ2v) is 18.2. The van der Waals surface area contributed by atoms with E-state index in [0.29, 0.717) is 6.92 Å². The van der Waals surface area contributed by atoms with Gasteiger partial charge in [-0.3, -0.25) is 0 Å². The third kappa shape index (κ3) is 2.98. The highest BCUT2D eigenvalue weighted by Gasteiger charge is 2.50. The molecule has 0 aromatic carbocycles. The van der Waals surface area contributed by atoms with Crippen molar-refractivity contribution in [3.63, 3.8) is 0 Å². The third-order valence-corrected chi connectivity index (χ3v) is 9.76. The number of hydrogen-bond acceptors (Lipinski definition) is 1. The smallest absolute Gasteiger partial charge is 0.293 e. The quantitative estimate of drug-likeness (QED) is 0.682. The predicted octanol–water partition coefficient (Wildman–Crippen LogP) is 3.91.